The monoisotopic (exact) mass is 293 g/mol. The first kappa shape index (κ1) is 13.6. The van der Waals surface area contributed by atoms with Crippen molar-refractivity contribution in [1.82, 2.24) is 9.88 Å². The topological polar surface area (TPSA) is 46.6 Å². The molecule has 0 spiro atoms. The van der Waals surface area contributed by atoms with Gasteiger partial charge in [0.05, 0.1) is 30.5 Å². The zero-order valence-electron chi connectivity index (χ0n) is 11.6. The lowest BCUT2D eigenvalue weighted by Gasteiger charge is -2.26. The minimum Gasteiger partial charge on any atom is -0.497 e. The van der Waals surface area contributed by atoms with Gasteiger partial charge in [-0.25, -0.2) is 4.98 Å². The highest BCUT2D eigenvalue weighted by atomic mass is 32.1. The van der Waals surface area contributed by atoms with Crippen molar-refractivity contribution >= 4 is 26.7 Å². The standard InChI is InChI=1S/C14H19N3O2S/c1-18-11-2-3-13-12(10-11)16-14(20-13)15-4-5-17-6-8-19-9-7-17/h2-3,10H,4-9H2,1H3,(H,15,16). The van der Waals surface area contributed by atoms with Crippen molar-refractivity contribution < 1.29 is 9.47 Å². The van der Waals surface area contributed by atoms with Crippen LogP contribution in [0.3, 0.4) is 0 Å². The molecule has 108 valence electrons. The minimum absolute atomic E-state index is 0.848. The Balaban J connectivity index is 1.57. The summed E-state index contributed by atoms with van der Waals surface area (Å²) in [7, 11) is 1.68. The number of aromatic nitrogens is 1. The van der Waals surface area contributed by atoms with E-state index in [9.17, 15) is 0 Å². The van der Waals surface area contributed by atoms with Crippen molar-refractivity contribution in [2.45, 2.75) is 0 Å². The van der Waals surface area contributed by atoms with E-state index in [2.05, 4.69) is 21.3 Å². The van der Waals surface area contributed by atoms with E-state index in [1.54, 1.807) is 18.4 Å². The number of thiazole rings is 1. The molecule has 0 amide bonds. The van der Waals surface area contributed by atoms with Gasteiger partial charge < -0.3 is 14.8 Å². The Morgan fingerprint density at radius 2 is 2.25 bits per heavy atom. The Labute approximate surface area is 122 Å². The highest BCUT2D eigenvalue weighted by Crippen LogP contribution is 2.28. The van der Waals surface area contributed by atoms with Crippen molar-refractivity contribution in [3.63, 3.8) is 0 Å². The van der Waals surface area contributed by atoms with Gasteiger partial charge in [0, 0.05) is 32.2 Å². The molecule has 1 aliphatic rings. The van der Waals surface area contributed by atoms with Crippen LogP contribution in [-0.4, -0.2) is 56.4 Å². The highest BCUT2D eigenvalue weighted by molar-refractivity contribution is 7.22. The number of methoxy groups -OCH3 is 1. The molecule has 1 aromatic heterocycles. The quantitative estimate of drug-likeness (QED) is 0.914. The number of ether oxygens (including phenoxy) is 2. The van der Waals surface area contributed by atoms with Gasteiger partial charge in [-0.05, 0) is 12.1 Å². The first-order chi connectivity index (χ1) is 9.85. The molecule has 1 aromatic carbocycles. The van der Waals surface area contributed by atoms with Crippen LogP contribution in [0.4, 0.5) is 5.13 Å². The lowest BCUT2D eigenvalue weighted by Crippen LogP contribution is -2.38. The van der Waals surface area contributed by atoms with Crippen molar-refractivity contribution in [2.24, 2.45) is 0 Å². The van der Waals surface area contributed by atoms with Crippen LogP contribution >= 0.6 is 11.3 Å². The van der Waals surface area contributed by atoms with Gasteiger partial charge in [0.25, 0.3) is 0 Å². The molecule has 6 heteroatoms. The molecule has 1 saturated heterocycles. The number of anilines is 1. The molecule has 0 radical (unpaired) electrons. The number of morpholine rings is 1. The zero-order valence-corrected chi connectivity index (χ0v) is 12.4. The first-order valence-corrected chi connectivity index (χ1v) is 7.65. The predicted molar refractivity (Wildman–Crippen MR) is 81.9 cm³/mol. The van der Waals surface area contributed by atoms with Crippen molar-refractivity contribution in [1.29, 1.82) is 0 Å². The van der Waals surface area contributed by atoms with Crippen LogP contribution in [-0.2, 0) is 4.74 Å². The fourth-order valence-electron chi connectivity index (χ4n) is 2.26. The molecule has 3 rings (SSSR count). The van der Waals surface area contributed by atoms with E-state index in [-0.39, 0.29) is 0 Å². The van der Waals surface area contributed by atoms with Crippen LogP contribution in [0.5, 0.6) is 5.75 Å². The summed E-state index contributed by atoms with van der Waals surface area (Å²) in [5.41, 5.74) is 0.989. The molecule has 1 N–H and O–H groups in total. The molecule has 0 unspecified atom stereocenters. The smallest absolute Gasteiger partial charge is 0.183 e. The van der Waals surface area contributed by atoms with Crippen LogP contribution in [0.15, 0.2) is 18.2 Å². The number of fused-ring (bicyclic) bond motifs is 1. The Hall–Kier alpha value is -1.37. The summed E-state index contributed by atoms with van der Waals surface area (Å²) in [4.78, 5) is 7.00. The summed E-state index contributed by atoms with van der Waals surface area (Å²) in [5.74, 6) is 0.850. The molecule has 1 fully saturated rings. The van der Waals surface area contributed by atoms with Gasteiger partial charge in [-0.1, -0.05) is 11.3 Å². The Kier molecular flexibility index (Phi) is 4.34. The predicted octanol–water partition coefficient (Wildman–Crippen LogP) is 2.05. The van der Waals surface area contributed by atoms with Crippen LogP contribution in [0.25, 0.3) is 10.2 Å². The normalized spacial score (nSPS) is 16.4. The Bertz CT molecular complexity index is 567. The van der Waals surface area contributed by atoms with E-state index in [4.69, 9.17) is 9.47 Å². The maximum atomic E-state index is 5.34. The Morgan fingerprint density at radius 3 is 3.05 bits per heavy atom. The van der Waals surface area contributed by atoms with Crippen LogP contribution in [0.2, 0.25) is 0 Å². The molecule has 0 bridgehead atoms. The van der Waals surface area contributed by atoms with Gasteiger partial charge in [-0.15, -0.1) is 0 Å². The molecule has 20 heavy (non-hydrogen) atoms. The SMILES string of the molecule is COc1ccc2sc(NCCN3CCOCC3)nc2c1. The van der Waals surface area contributed by atoms with Gasteiger partial charge in [0.1, 0.15) is 5.75 Å². The zero-order chi connectivity index (χ0) is 13.8. The fourth-order valence-corrected chi connectivity index (χ4v) is 3.13. The average molecular weight is 293 g/mol. The van der Waals surface area contributed by atoms with E-state index in [1.807, 2.05) is 12.1 Å². The van der Waals surface area contributed by atoms with Crippen molar-refractivity contribution in [2.75, 3.05) is 51.8 Å². The van der Waals surface area contributed by atoms with Gasteiger partial charge >= 0.3 is 0 Å². The molecule has 0 saturated carbocycles. The number of hydrogen-bond acceptors (Lipinski definition) is 6. The second-order valence-corrected chi connectivity index (χ2v) is 5.76. The van der Waals surface area contributed by atoms with E-state index >= 15 is 0 Å². The first-order valence-electron chi connectivity index (χ1n) is 6.84. The highest BCUT2D eigenvalue weighted by Gasteiger charge is 2.10. The van der Waals surface area contributed by atoms with Crippen LogP contribution in [0.1, 0.15) is 0 Å². The summed E-state index contributed by atoms with van der Waals surface area (Å²) in [6.07, 6.45) is 0. The van der Waals surface area contributed by atoms with E-state index < -0.39 is 0 Å². The van der Waals surface area contributed by atoms with Crippen LogP contribution < -0.4 is 10.1 Å². The molecular weight excluding hydrogens is 274 g/mol. The third-order valence-corrected chi connectivity index (χ3v) is 4.40. The second kappa shape index (κ2) is 6.39. The third-order valence-electron chi connectivity index (χ3n) is 3.40. The molecule has 2 heterocycles. The summed E-state index contributed by atoms with van der Waals surface area (Å²) in [6, 6.07) is 6.00. The molecule has 5 nitrogen and oxygen atoms in total. The molecular formula is C14H19N3O2S. The lowest BCUT2D eigenvalue weighted by atomic mass is 10.3. The van der Waals surface area contributed by atoms with E-state index in [0.717, 1.165) is 55.8 Å². The summed E-state index contributed by atoms with van der Waals surface area (Å²) in [5, 5.41) is 4.38. The largest absolute Gasteiger partial charge is 0.497 e. The van der Waals surface area contributed by atoms with Crippen molar-refractivity contribution in [3.8, 4) is 5.75 Å². The van der Waals surface area contributed by atoms with Crippen LogP contribution in [0, 0.1) is 0 Å². The van der Waals surface area contributed by atoms with Gasteiger partial charge in [0.2, 0.25) is 0 Å². The maximum absolute atomic E-state index is 5.34. The van der Waals surface area contributed by atoms with Gasteiger partial charge in [0.15, 0.2) is 5.13 Å². The fraction of sp³-hybridized carbons (Fsp3) is 0.500. The minimum atomic E-state index is 0.848. The maximum Gasteiger partial charge on any atom is 0.183 e. The Morgan fingerprint density at radius 1 is 1.40 bits per heavy atom. The third kappa shape index (κ3) is 3.20. The number of nitrogens with one attached hydrogen (secondary N) is 1. The van der Waals surface area contributed by atoms with Gasteiger partial charge in [-0.2, -0.15) is 0 Å². The lowest BCUT2D eigenvalue weighted by molar-refractivity contribution is 0.0398. The number of hydrogen-bond donors (Lipinski definition) is 1. The molecule has 0 aliphatic carbocycles. The average Bonchev–Trinajstić information content (AvgIpc) is 2.90. The van der Waals surface area contributed by atoms with E-state index in [1.165, 1.54) is 4.70 Å². The number of nitrogens with zero attached hydrogens (tertiary/aromatic N) is 2. The number of rotatable bonds is 5. The summed E-state index contributed by atoms with van der Waals surface area (Å²) >= 11 is 1.68. The van der Waals surface area contributed by atoms with Gasteiger partial charge in [-0.3, -0.25) is 4.90 Å². The molecule has 1 aliphatic heterocycles. The van der Waals surface area contributed by atoms with Crippen molar-refractivity contribution in [3.05, 3.63) is 18.2 Å². The molecule has 2 aromatic rings. The second-order valence-electron chi connectivity index (χ2n) is 4.73. The summed E-state index contributed by atoms with van der Waals surface area (Å²) in [6.45, 7) is 5.69. The molecule has 0 atom stereocenters. The number of benzene rings is 1. The van der Waals surface area contributed by atoms with E-state index in [0.29, 0.717) is 0 Å². The summed E-state index contributed by atoms with van der Waals surface area (Å²) < 4.78 is 11.7.